The molecule has 0 rings (SSSR count). The van der Waals surface area contributed by atoms with Crippen LogP contribution in [0.5, 0.6) is 0 Å². The molecule has 0 heterocycles. The fraction of sp³-hybridized carbons (Fsp3) is 0. The number of carbonyl (C=O) groups excluding carboxylic acids is 2. The highest BCUT2D eigenvalue weighted by atomic mass is 33.1. The van der Waals surface area contributed by atoms with Crippen molar-refractivity contribution in [3.05, 3.63) is 12.7 Å². The minimum Gasteiger partial charge on any atom is -0.356 e. The molecule has 0 aliphatic rings. The van der Waals surface area contributed by atoms with Gasteiger partial charge in [0.2, 0.25) is 0 Å². The molecule has 12 heavy (non-hydrogen) atoms. The Morgan fingerprint density at radius 3 is 2.25 bits per heavy atom. The van der Waals surface area contributed by atoms with Crippen LogP contribution in [-0.2, 0) is 22.9 Å². The van der Waals surface area contributed by atoms with Crippen LogP contribution < -0.4 is 0 Å². The molecule has 0 amide bonds. The van der Waals surface area contributed by atoms with Crippen molar-refractivity contribution < 1.29 is 26.9 Å². The van der Waals surface area contributed by atoms with E-state index in [1.807, 2.05) is 0 Å². The van der Waals surface area contributed by atoms with E-state index in [1.165, 1.54) is 0 Å². The van der Waals surface area contributed by atoms with Gasteiger partial charge in [-0.1, -0.05) is 6.58 Å². The number of carbonyl (C=O) groups is 2. The highest BCUT2D eigenvalue weighted by Crippen LogP contribution is 2.00. The second kappa shape index (κ2) is 4.12. The molecule has 0 N–H and O–H groups in total. The molecule has 0 aliphatic carbocycles. The molecule has 68 valence electrons. The molecule has 0 aromatic rings. The van der Waals surface area contributed by atoms with Gasteiger partial charge in [0.1, 0.15) is 0 Å². The van der Waals surface area contributed by atoms with Gasteiger partial charge in [0, 0.05) is 6.08 Å². The third kappa shape index (κ3) is 5.74. The smallest absolute Gasteiger partial charge is 0.356 e. The van der Waals surface area contributed by atoms with Crippen molar-refractivity contribution in [3.8, 4) is 0 Å². The van der Waals surface area contributed by atoms with E-state index < -0.39 is 21.3 Å². The van der Waals surface area contributed by atoms with E-state index in [1.54, 1.807) is 0 Å². The molecular formula is C4H4O6S2. The van der Waals surface area contributed by atoms with Crippen molar-refractivity contribution >= 4 is 32.9 Å². The minimum atomic E-state index is -4.24. The topological polar surface area (TPSA) is 86.7 Å². The minimum absolute atomic E-state index is 0.673. The van der Waals surface area contributed by atoms with Crippen LogP contribution in [0.25, 0.3) is 0 Å². The maximum absolute atomic E-state index is 10.3. The average molecular weight is 212 g/mol. The maximum atomic E-state index is 10.3. The lowest BCUT2D eigenvalue weighted by atomic mass is 10.7. The summed E-state index contributed by atoms with van der Waals surface area (Å²) in [5, 5.41) is 0. The molecule has 0 radical (unpaired) electrons. The van der Waals surface area contributed by atoms with Gasteiger partial charge in [-0.3, -0.25) is 0 Å². The van der Waals surface area contributed by atoms with E-state index in [0.717, 1.165) is 0 Å². The van der Waals surface area contributed by atoms with Crippen molar-refractivity contribution in [1.82, 2.24) is 0 Å². The number of rotatable bonds is 2. The quantitative estimate of drug-likeness (QED) is 0.228. The van der Waals surface area contributed by atoms with Gasteiger partial charge in [0.15, 0.2) is 0 Å². The third-order valence-electron chi connectivity index (χ3n) is 0.524. The summed E-state index contributed by atoms with van der Waals surface area (Å²) in [4.78, 5) is 20.5. The first-order valence-corrected chi connectivity index (χ1v) is 4.86. The number of esters is 1. The first-order chi connectivity index (χ1) is 5.35. The van der Waals surface area contributed by atoms with Gasteiger partial charge >= 0.3 is 21.3 Å². The van der Waals surface area contributed by atoms with Crippen molar-refractivity contribution in [2.24, 2.45) is 0 Å². The molecule has 0 fully saturated rings. The number of ether oxygens (including phenoxy) is 1. The van der Waals surface area contributed by atoms with Crippen molar-refractivity contribution in [2.45, 2.75) is 0 Å². The zero-order chi connectivity index (χ0) is 9.78. The number of hydrogen-bond acceptors (Lipinski definition) is 6. The van der Waals surface area contributed by atoms with E-state index >= 15 is 0 Å². The largest absolute Gasteiger partial charge is 0.532 e. The molecule has 0 bridgehead atoms. The zero-order valence-electron chi connectivity index (χ0n) is 5.59. The van der Waals surface area contributed by atoms with E-state index in [9.17, 15) is 18.0 Å². The summed E-state index contributed by atoms with van der Waals surface area (Å²) in [6, 6.07) is 0. The molecular weight excluding hydrogens is 208 g/mol. The SMILES string of the molecule is C=CC(=O)OC(=O)OS(=O)(=O)S. The van der Waals surface area contributed by atoms with Crippen LogP contribution in [0.3, 0.4) is 0 Å². The van der Waals surface area contributed by atoms with Gasteiger partial charge in [-0.05, 0) is 11.7 Å². The van der Waals surface area contributed by atoms with Gasteiger partial charge < -0.3 is 8.92 Å². The molecule has 0 aliphatic heterocycles. The van der Waals surface area contributed by atoms with Crippen LogP contribution in [0.4, 0.5) is 4.79 Å². The number of hydrogen-bond donors (Lipinski definition) is 1. The van der Waals surface area contributed by atoms with Gasteiger partial charge in [0.05, 0.1) is 0 Å². The average Bonchev–Trinajstić information content (AvgIpc) is 1.82. The Morgan fingerprint density at radius 2 is 1.92 bits per heavy atom. The summed E-state index contributed by atoms with van der Waals surface area (Å²) in [7, 11) is -4.24. The molecule has 0 unspecified atom stereocenters. The van der Waals surface area contributed by atoms with Crippen LogP contribution in [-0.4, -0.2) is 20.5 Å². The predicted molar refractivity (Wildman–Crippen MR) is 40.7 cm³/mol. The van der Waals surface area contributed by atoms with Gasteiger partial charge in [-0.15, -0.1) is 0 Å². The molecule has 6 nitrogen and oxygen atoms in total. The molecule has 0 aromatic carbocycles. The summed E-state index contributed by atoms with van der Waals surface area (Å²) in [5.74, 6) is -1.11. The van der Waals surface area contributed by atoms with Crippen LogP contribution in [0.1, 0.15) is 0 Å². The van der Waals surface area contributed by atoms with E-state index in [0.29, 0.717) is 6.08 Å². The lowest BCUT2D eigenvalue weighted by Gasteiger charge is -1.97. The summed E-state index contributed by atoms with van der Waals surface area (Å²) in [6.07, 6.45) is -0.998. The summed E-state index contributed by atoms with van der Waals surface area (Å²) in [5.41, 5.74) is 0. The second-order valence-electron chi connectivity index (χ2n) is 1.39. The molecule has 0 spiro atoms. The van der Waals surface area contributed by atoms with E-state index in [-0.39, 0.29) is 0 Å². The van der Waals surface area contributed by atoms with Crippen LogP contribution in [0, 0.1) is 0 Å². The predicted octanol–water partition coefficient (Wildman–Crippen LogP) is 0.0268. The maximum Gasteiger partial charge on any atom is 0.532 e. The Bertz CT molecular complexity index is 302. The first kappa shape index (κ1) is 11.0. The fourth-order valence-corrected chi connectivity index (χ4v) is 0.615. The van der Waals surface area contributed by atoms with Gasteiger partial charge in [0.25, 0.3) is 0 Å². The Hall–Kier alpha value is -1.02. The summed E-state index contributed by atoms with van der Waals surface area (Å²) >= 11 is 2.86. The van der Waals surface area contributed by atoms with E-state index in [4.69, 9.17) is 0 Å². The molecule has 0 atom stereocenters. The monoisotopic (exact) mass is 212 g/mol. The van der Waals surface area contributed by atoms with Gasteiger partial charge in [-0.25, -0.2) is 9.59 Å². The number of thiol groups is 1. The van der Waals surface area contributed by atoms with Crippen molar-refractivity contribution in [3.63, 3.8) is 0 Å². The fourth-order valence-electron chi connectivity index (χ4n) is 0.227. The normalized spacial score (nSPS) is 10.1. The summed E-state index contributed by atoms with van der Waals surface area (Å²) < 4.78 is 27.5. The van der Waals surface area contributed by atoms with Crippen molar-refractivity contribution in [2.75, 3.05) is 0 Å². The van der Waals surface area contributed by atoms with E-state index in [2.05, 4.69) is 27.2 Å². The molecule has 8 heteroatoms. The standard InChI is InChI=1S/C4H4O6S2/c1-2-3(5)9-4(6)10-12(7,8)11/h2H,1H2,(H,7,8,11). The highest BCUT2D eigenvalue weighted by Gasteiger charge is 2.15. The van der Waals surface area contributed by atoms with Crippen LogP contribution >= 0.6 is 11.7 Å². The van der Waals surface area contributed by atoms with Crippen LogP contribution in [0.2, 0.25) is 0 Å². The third-order valence-corrected chi connectivity index (χ3v) is 1.09. The lowest BCUT2D eigenvalue weighted by Crippen LogP contribution is -2.13. The molecule has 0 saturated heterocycles. The second-order valence-corrected chi connectivity index (χ2v) is 3.75. The van der Waals surface area contributed by atoms with Crippen molar-refractivity contribution in [1.29, 1.82) is 0 Å². The highest BCUT2D eigenvalue weighted by molar-refractivity contribution is 8.61. The zero-order valence-corrected chi connectivity index (χ0v) is 7.30. The Morgan fingerprint density at radius 1 is 1.42 bits per heavy atom. The van der Waals surface area contributed by atoms with Gasteiger partial charge in [-0.2, -0.15) is 8.42 Å². The molecule has 0 saturated carbocycles. The van der Waals surface area contributed by atoms with Crippen LogP contribution in [0.15, 0.2) is 12.7 Å². The summed E-state index contributed by atoms with van der Waals surface area (Å²) in [6.45, 7) is 2.96. The Balaban J connectivity index is 4.09. The molecule has 0 aromatic heterocycles. The first-order valence-electron chi connectivity index (χ1n) is 2.40. The lowest BCUT2D eigenvalue weighted by molar-refractivity contribution is -0.132. The Labute approximate surface area is 73.1 Å². The Kier molecular flexibility index (Phi) is 3.77.